The van der Waals surface area contributed by atoms with E-state index < -0.39 is 21.2 Å². The highest BCUT2D eigenvalue weighted by molar-refractivity contribution is 7.86. The van der Waals surface area contributed by atoms with E-state index in [-0.39, 0.29) is 5.91 Å². The van der Waals surface area contributed by atoms with Crippen molar-refractivity contribution in [3.05, 3.63) is 126 Å². The van der Waals surface area contributed by atoms with Gasteiger partial charge < -0.3 is 5.32 Å². The Morgan fingerprint density at radius 1 is 0.656 bits per heavy atom. The van der Waals surface area contributed by atoms with Gasteiger partial charge in [-0.2, -0.15) is 0 Å². The largest absolute Gasteiger partial charge is 0.364 e. The summed E-state index contributed by atoms with van der Waals surface area (Å²) in [6.07, 6.45) is 0. The number of amides is 1. The van der Waals surface area contributed by atoms with E-state index >= 15 is 0 Å². The van der Waals surface area contributed by atoms with Crippen molar-refractivity contribution in [2.75, 3.05) is 10.2 Å². The second-order valence-electron chi connectivity index (χ2n) is 7.99. The first-order valence-corrected chi connectivity index (χ1v) is 11.7. The number of carbonyl (C=O) groups is 1. The number of β-lactam (4-membered cyclic amide) rings is 1. The van der Waals surface area contributed by atoms with Crippen LogP contribution in [0.5, 0.6) is 0 Å². The Kier molecular flexibility index (Phi) is 4.10. The number of anilines is 2. The third kappa shape index (κ3) is 2.21. The van der Waals surface area contributed by atoms with E-state index in [2.05, 4.69) is 5.32 Å². The number of rotatable bonds is 3. The molecule has 2 aliphatic rings. The molecule has 1 saturated heterocycles. The quantitative estimate of drug-likeness (QED) is 0.459. The zero-order chi connectivity index (χ0) is 21.8. The lowest BCUT2D eigenvalue weighted by Crippen LogP contribution is -2.84. The predicted molar refractivity (Wildman–Crippen MR) is 127 cm³/mol. The summed E-state index contributed by atoms with van der Waals surface area (Å²) in [5.74, 6) is -0.124. The Balaban J connectivity index is 1.74. The highest BCUT2D eigenvalue weighted by Gasteiger charge is 2.78. The Labute approximate surface area is 189 Å². The van der Waals surface area contributed by atoms with Crippen LogP contribution in [0, 0.1) is 0 Å². The molecule has 0 aliphatic carbocycles. The summed E-state index contributed by atoms with van der Waals surface area (Å²) in [6.45, 7) is 0. The summed E-state index contributed by atoms with van der Waals surface area (Å²) in [6, 6.07) is 36.5. The van der Waals surface area contributed by atoms with E-state index in [1.165, 1.54) is 0 Å². The fraction of sp³-hybridized carbons (Fsp3) is 0.0741. The van der Waals surface area contributed by atoms with Crippen molar-refractivity contribution in [1.82, 2.24) is 0 Å². The van der Waals surface area contributed by atoms with Gasteiger partial charge in [-0.3, -0.25) is 13.9 Å². The molecule has 2 aliphatic heterocycles. The monoisotopic (exact) mass is 436 g/mol. The molecule has 1 unspecified atom stereocenters. The average Bonchev–Trinajstić information content (AvgIpc) is 2.86. The van der Waals surface area contributed by atoms with E-state index in [9.17, 15) is 9.00 Å². The van der Waals surface area contributed by atoms with Crippen LogP contribution in [0.2, 0.25) is 0 Å². The lowest BCUT2D eigenvalue weighted by atomic mass is 9.68. The molecule has 4 aromatic rings. The molecule has 0 saturated carbocycles. The van der Waals surface area contributed by atoms with Crippen LogP contribution in [0.3, 0.4) is 0 Å². The maximum atomic E-state index is 14.6. The molecule has 5 heteroatoms. The van der Waals surface area contributed by atoms with Crippen LogP contribution in [0.4, 0.5) is 11.4 Å². The molecule has 1 amide bonds. The van der Waals surface area contributed by atoms with Crippen molar-refractivity contribution in [2.45, 2.75) is 15.3 Å². The third-order valence-electron chi connectivity index (χ3n) is 6.41. The minimum Gasteiger partial charge on any atom is -0.364 e. The van der Waals surface area contributed by atoms with Gasteiger partial charge in [0, 0.05) is 5.69 Å². The molecule has 1 N–H and O–H groups in total. The molecule has 2 heterocycles. The highest BCUT2D eigenvalue weighted by Crippen LogP contribution is 2.63. The number of para-hydroxylation sites is 2. The van der Waals surface area contributed by atoms with Gasteiger partial charge in [-0.25, -0.2) is 0 Å². The predicted octanol–water partition coefficient (Wildman–Crippen LogP) is 5.02. The highest BCUT2D eigenvalue weighted by atomic mass is 32.2. The molecule has 0 bridgehead atoms. The number of nitrogens with one attached hydrogen (secondary N) is 1. The van der Waals surface area contributed by atoms with E-state index in [1.807, 2.05) is 115 Å². The van der Waals surface area contributed by atoms with Crippen molar-refractivity contribution in [3.63, 3.8) is 0 Å². The molecule has 3 atom stereocenters. The van der Waals surface area contributed by atoms with Crippen LogP contribution >= 0.6 is 0 Å². The Bertz CT molecular complexity index is 1340. The zero-order valence-corrected chi connectivity index (χ0v) is 18.0. The molecule has 1 fully saturated rings. The van der Waals surface area contributed by atoms with Gasteiger partial charge >= 0.3 is 0 Å². The molecule has 4 nitrogen and oxygen atoms in total. The van der Waals surface area contributed by atoms with Crippen LogP contribution in [0.1, 0.15) is 11.1 Å². The summed E-state index contributed by atoms with van der Waals surface area (Å²) < 4.78 is 14.6. The first kappa shape index (κ1) is 19.0. The van der Waals surface area contributed by atoms with Crippen molar-refractivity contribution in [1.29, 1.82) is 0 Å². The number of benzene rings is 4. The van der Waals surface area contributed by atoms with Gasteiger partial charge in [-0.1, -0.05) is 91.0 Å². The van der Waals surface area contributed by atoms with Crippen LogP contribution in [-0.2, 0) is 26.0 Å². The zero-order valence-electron chi connectivity index (χ0n) is 17.1. The van der Waals surface area contributed by atoms with Gasteiger partial charge in [-0.15, -0.1) is 0 Å². The first-order valence-electron chi connectivity index (χ1n) is 10.5. The van der Waals surface area contributed by atoms with E-state index in [0.29, 0.717) is 4.90 Å². The van der Waals surface area contributed by atoms with Crippen molar-refractivity contribution in [2.24, 2.45) is 0 Å². The van der Waals surface area contributed by atoms with E-state index in [4.69, 9.17) is 0 Å². The average molecular weight is 437 g/mol. The number of hydrogen-bond donors (Lipinski definition) is 1. The normalized spacial score (nSPS) is 25.8. The van der Waals surface area contributed by atoms with E-state index in [1.54, 1.807) is 4.90 Å². The maximum absolute atomic E-state index is 14.6. The smallest absolute Gasteiger partial charge is 0.262 e. The van der Waals surface area contributed by atoms with Gasteiger partial charge in [0.25, 0.3) is 5.91 Å². The van der Waals surface area contributed by atoms with E-state index in [0.717, 1.165) is 22.5 Å². The Morgan fingerprint density at radius 3 is 1.84 bits per heavy atom. The molecule has 32 heavy (non-hydrogen) atoms. The van der Waals surface area contributed by atoms with Crippen LogP contribution in [0.15, 0.2) is 120 Å². The lowest BCUT2D eigenvalue weighted by molar-refractivity contribution is -0.133. The summed E-state index contributed by atoms with van der Waals surface area (Å²) >= 11 is 0. The molecule has 6 rings (SSSR count). The molecular weight excluding hydrogens is 416 g/mol. The number of fused-ring (bicyclic) bond motifs is 2. The molecule has 156 valence electrons. The van der Waals surface area contributed by atoms with Crippen LogP contribution in [0.25, 0.3) is 0 Å². The molecule has 0 spiro atoms. The van der Waals surface area contributed by atoms with Gasteiger partial charge in [0.05, 0.1) is 21.4 Å². The fourth-order valence-electron chi connectivity index (χ4n) is 5.10. The number of hydrogen-bond acceptors (Lipinski definition) is 3. The standard InChI is InChI=1S/C27H20N2O2S/c30-25-26(20-12-4-1-5-13-20)27(21-14-6-2-7-15-21,29(25)22-16-8-3-9-17-22)32(31)24-19-11-10-18-23(24)28-26/h1-19,28H/t26-,27-,32?/m0/s1. The molecule has 0 aromatic heterocycles. The number of nitrogens with zero attached hydrogens (tertiary/aromatic N) is 1. The molecule has 4 aromatic carbocycles. The minimum absolute atomic E-state index is 0.124. The van der Waals surface area contributed by atoms with Gasteiger partial charge in [-0.05, 0) is 35.4 Å². The van der Waals surface area contributed by atoms with Crippen molar-refractivity contribution >= 4 is 28.1 Å². The Hall–Kier alpha value is -3.70. The number of carbonyl (C=O) groups excluding carboxylic acids is 1. The van der Waals surface area contributed by atoms with Gasteiger partial charge in [0.2, 0.25) is 0 Å². The summed E-state index contributed by atoms with van der Waals surface area (Å²) in [5, 5.41) is 3.56. The lowest BCUT2D eigenvalue weighted by Gasteiger charge is -2.65. The molecule has 0 radical (unpaired) electrons. The topological polar surface area (TPSA) is 49.4 Å². The van der Waals surface area contributed by atoms with Crippen LogP contribution < -0.4 is 10.2 Å². The summed E-state index contributed by atoms with van der Waals surface area (Å²) in [4.78, 5) is 15.4. The SMILES string of the molecule is O=C1N(c2ccccc2)[C@@]2(c3ccccc3)S(=O)c3ccccc3N[C@@]12c1ccccc1. The summed E-state index contributed by atoms with van der Waals surface area (Å²) in [5.41, 5.74) is 1.87. The summed E-state index contributed by atoms with van der Waals surface area (Å²) in [7, 11) is -1.56. The van der Waals surface area contributed by atoms with Gasteiger partial charge in [0.15, 0.2) is 10.4 Å². The maximum Gasteiger partial charge on any atom is 0.262 e. The van der Waals surface area contributed by atoms with Gasteiger partial charge in [0.1, 0.15) is 0 Å². The second kappa shape index (κ2) is 6.90. The van der Waals surface area contributed by atoms with Crippen molar-refractivity contribution in [3.8, 4) is 0 Å². The molecular formula is C27H20N2O2S. The first-order chi connectivity index (χ1) is 15.7. The minimum atomic E-state index is -1.56. The second-order valence-corrected chi connectivity index (χ2v) is 9.56. The fourth-order valence-corrected chi connectivity index (χ4v) is 7.17. The third-order valence-corrected chi connectivity index (χ3v) is 8.43. The van der Waals surface area contributed by atoms with Crippen LogP contribution in [-0.4, -0.2) is 10.1 Å². The Morgan fingerprint density at radius 2 is 1.19 bits per heavy atom. The van der Waals surface area contributed by atoms with Crippen molar-refractivity contribution < 1.29 is 9.00 Å².